The summed E-state index contributed by atoms with van der Waals surface area (Å²) in [5, 5.41) is 37.9. The summed E-state index contributed by atoms with van der Waals surface area (Å²) in [6.07, 6.45) is 0. The molecule has 0 aliphatic rings. The van der Waals surface area contributed by atoms with Gasteiger partial charge in [0.05, 0.1) is 0 Å². The molecule has 2 aromatic carbocycles. The van der Waals surface area contributed by atoms with E-state index in [-0.39, 0.29) is 69.3 Å². The fraction of sp³-hybridized carbons (Fsp3) is 0. The minimum absolute atomic E-state index is 0. The van der Waals surface area contributed by atoms with Gasteiger partial charge in [-0.3, -0.25) is 4.79 Å². The smallest absolute Gasteiger partial charge is 0.508 e. The molecule has 0 radical (unpaired) electrons. The minimum Gasteiger partial charge on any atom is -0.508 e. The van der Waals surface area contributed by atoms with Crippen LogP contribution in [0.5, 0.6) is 23.0 Å². The summed E-state index contributed by atoms with van der Waals surface area (Å²) in [4.78, 5) is 12.0. The normalized spacial score (nSPS) is 10.4. The van der Waals surface area contributed by atoms with Gasteiger partial charge in [0.1, 0.15) is 28.2 Å². The molecular weight excluding hydrogens is 299 g/mol. The van der Waals surface area contributed by atoms with Gasteiger partial charge in [-0.15, -0.1) is 0 Å². The van der Waals surface area contributed by atoms with Crippen LogP contribution >= 0.6 is 0 Å². The molecule has 4 N–H and O–H groups in total. The number of fused-ring (bicyclic) bond motifs is 1. The molecule has 0 bridgehead atoms. The van der Waals surface area contributed by atoms with Gasteiger partial charge in [-0.1, -0.05) is 0 Å². The topological polar surface area (TPSA) is 111 Å². The van der Waals surface area contributed by atoms with E-state index in [4.69, 9.17) is 4.42 Å². The molecule has 0 aliphatic heterocycles. The summed E-state index contributed by atoms with van der Waals surface area (Å²) >= 11 is 0. The third-order valence-electron chi connectivity index (χ3n) is 3.05. The molecule has 1 aromatic heterocycles. The molecule has 0 saturated carbocycles. The summed E-state index contributed by atoms with van der Waals surface area (Å²) < 4.78 is 5.47. The molecule has 3 aromatic rings. The third kappa shape index (κ3) is 2.76. The first-order valence-corrected chi connectivity index (χ1v) is 5.98. The maximum absolute atomic E-state index is 12.0. The first-order chi connectivity index (χ1) is 9.95. The second-order valence-electron chi connectivity index (χ2n) is 4.52. The Balaban J connectivity index is 0.00000176. The Labute approximate surface area is 146 Å². The minimum atomic E-state index is -0.490. The molecule has 0 amide bonds. The Morgan fingerprint density at radius 2 is 1.55 bits per heavy atom. The Kier molecular flexibility index (Phi) is 4.37. The summed E-state index contributed by atoms with van der Waals surface area (Å²) in [5.74, 6) is -1.13. The number of rotatable bonds is 1. The Morgan fingerprint density at radius 1 is 0.818 bits per heavy atom. The second-order valence-corrected chi connectivity index (χ2v) is 4.52. The van der Waals surface area contributed by atoms with Gasteiger partial charge in [0, 0.05) is 23.8 Å². The zero-order valence-corrected chi connectivity index (χ0v) is 13.6. The average Bonchev–Trinajstić information content (AvgIpc) is 2.40. The van der Waals surface area contributed by atoms with E-state index in [0.29, 0.717) is 5.56 Å². The van der Waals surface area contributed by atoms with E-state index in [2.05, 4.69) is 0 Å². The number of hydrogen-bond donors (Lipinski definition) is 4. The molecule has 3 rings (SSSR count). The van der Waals surface area contributed by atoms with E-state index in [1.54, 1.807) is 0 Å². The van der Waals surface area contributed by atoms with Crippen LogP contribution in [0, 0.1) is 0 Å². The SMILES string of the molecule is O=c1cc(-c2ccc(O)c(O)c2)oc2cc(O)cc(O)c12.[Na+]. The molecule has 0 spiro atoms. The number of phenols is 4. The van der Waals surface area contributed by atoms with E-state index in [9.17, 15) is 25.2 Å². The van der Waals surface area contributed by atoms with E-state index >= 15 is 0 Å². The van der Waals surface area contributed by atoms with Gasteiger partial charge in [-0.05, 0) is 18.2 Å². The molecule has 1 heterocycles. The molecule has 0 saturated heterocycles. The van der Waals surface area contributed by atoms with Crippen LogP contribution in [0.1, 0.15) is 0 Å². The second kappa shape index (κ2) is 5.92. The van der Waals surface area contributed by atoms with E-state index in [0.717, 1.165) is 12.1 Å². The van der Waals surface area contributed by atoms with Crippen LogP contribution in [0.4, 0.5) is 0 Å². The fourth-order valence-electron chi connectivity index (χ4n) is 2.07. The molecule has 22 heavy (non-hydrogen) atoms. The van der Waals surface area contributed by atoms with Crippen molar-refractivity contribution < 1.29 is 54.4 Å². The Bertz CT molecular complexity index is 916. The number of benzene rings is 2. The average molecular weight is 309 g/mol. The van der Waals surface area contributed by atoms with Crippen LogP contribution < -0.4 is 35.0 Å². The van der Waals surface area contributed by atoms with E-state index < -0.39 is 5.43 Å². The van der Waals surface area contributed by atoms with E-state index in [1.165, 1.54) is 24.3 Å². The van der Waals surface area contributed by atoms with Crippen LogP contribution in [-0.4, -0.2) is 20.4 Å². The molecule has 0 aliphatic carbocycles. The maximum atomic E-state index is 12.0. The Hall–Kier alpha value is -2.15. The predicted molar refractivity (Wildman–Crippen MR) is 74.6 cm³/mol. The van der Waals surface area contributed by atoms with Crippen LogP contribution in [0.2, 0.25) is 0 Å². The van der Waals surface area contributed by atoms with Crippen molar-refractivity contribution in [1.82, 2.24) is 0 Å². The van der Waals surface area contributed by atoms with E-state index in [1.807, 2.05) is 0 Å². The first kappa shape index (κ1) is 16.2. The van der Waals surface area contributed by atoms with Crippen LogP contribution in [0.3, 0.4) is 0 Å². The van der Waals surface area contributed by atoms with Crippen molar-refractivity contribution in [1.29, 1.82) is 0 Å². The molecule has 0 unspecified atom stereocenters. The number of phenolic OH excluding ortho intramolecular Hbond substituents is 4. The molecular formula is C15H10NaO6+. The number of aromatic hydroxyl groups is 4. The van der Waals surface area contributed by atoms with Crippen LogP contribution in [0.15, 0.2) is 45.6 Å². The molecule has 106 valence electrons. The van der Waals surface area contributed by atoms with Gasteiger partial charge < -0.3 is 24.8 Å². The maximum Gasteiger partial charge on any atom is 1.00 e. The van der Waals surface area contributed by atoms with Crippen molar-refractivity contribution >= 4 is 11.0 Å². The molecule has 6 nitrogen and oxygen atoms in total. The van der Waals surface area contributed by atoms with Gasteiger partial charge in [-0.2, -0.15) is 0 Å². The van der Waals surface area contributed by atoms with Crippen molar-refractivity contribution in [3.63, 3.8) is 0 Å². The van der Waals surface area contributed by atoms with Gasteiger partial charge in [0.15, 0.2) is 16.9 Å². The van der Waals surface area contributed by atoms with Gasteiger partial charge in [-0.25, -0.2) is 0 Å². The van der Waals surface area contributed by atoms with Crippen molar-refractivity contribution in [2.45, 2.75) is 0 Å². The predicted octanol–water partition coefficient (Wildman–Crippen LogP) is -0.714. The quantitative estimate of drug-likeness (QED) is 0.349. The van der Waals surface area contributed by atoms with Crippen molar-refractivity contribution in [3.05, 3.63) is 46.6 Å². The summed E-state index contributed by atoms with van der Waals surface area (Å²) in [5.41, 5.74) is -0.106. The third-order valence-corrected chi connectivity index (χ3v) is 3.05. The zero-order chi connectivity index (χ0) is 15.1. The van der Waals surface area contributed by atoms with Crippen LogP contribution in [-0.2, 0) is 0 Å². The van der Waals surface area contributed by atoms with Crippen LogP contribution in [0.25, 0.3) is 22.3 Å². The number of hydrogen-bond acceptors (Lipinski definition) is 6. The van der Waals surface area contributed by atoms with Crippen molar-refractivity contribution in [2.24, 2.45) is 0 Å². The summed E-state index contributed by atoms with van der Waals surface area (Å²) in [6.45, 7) is 0. The van der Waals surface area contributed by atoms with Gasteiger partial charge in [0.2, 0.25) is 0 Å². The van der Waals surface area contributed by atoms with Gasteiger partial charge in [0.25, 0.3) is 0 Å². The molecule has 0 atom stereocenters. The van der Waals surface area contributed by atoms with Crippen molar-refractivity contribution in [2.75, 3.05) is 0 Å². The standard InChI is InChI=1S/C15H10O6.Na/c16-8-4-11(19)15-12(20)6-13(21-14(15)5-8)7-1-2-9(17)10(18)3-7;/h1-6,16-19H;/q;+1. The largest absolute Gasteiger partial charge is 1.00 e. The summed E-state index contributed by atoms with van der Waals surface area (Å²) in [6, 6.07) is 7.37. The van der Waals surface area contributed by atoms with Crippen molar-refractivity contribution in [3.8, 4) is 34.3 Å². The Morgan fingerprint density at radius 3 is 2.23 bits per heavy atom. The zero-order valence-electron chi connectivity index (χ0n) is 11.6. The van der Waals surface area contributed by atoms with Gasteiger partial charge >= 0.3 is 29.6 Å². The fourth-order valence-corrected chi connectivity index (χ4v) is 2.07. The molecule has 0 fully saturated rings. The first-order valence-electron chi connectivity index (χ1n) is 5.98. The molecule has 7 heteroatoms. The monoisotopic (exact) mass is 309 g/mol. The summed E-state index contributed by atoms with van der Waals surface area (Å²) in [7, 11) is 0.